The lowest BCUT2D eigenvalue weighted by molar-refractivity contribution is 0.232. The van der Waals surface area contributed by atoms with Crippen molar-refractivity contribution in [2.24, 2.45) is 5.92 Å². The second kappa shape index (κ2) is 4.51. The first-order valence-corrected chi connectivity index (χ1v) is 6.04. The summed E-state index contributed by atoms with van der Waals surface area (Å²) in [5, 5.41) is 13.7. The summed E-state index contributed by atoms with van der Waals surface area (Å²) in [4.78, 5) is 4.42. The fourth-order valence-electron chi connectivity index (χ4n) is 1.62. The number of rotatable bonds is 3. The molecule has 0 aliphatic heterocycles. The zero-order chi connectivity index (χ0) is 11.7. The van der Waals surface area contributed by atoms with Crippen LogP contribution in [0.15, 0.2) is 22.8 Å². The summed E-state index contributed by atoms with van der Waals surface area (Å²) in [6, 6.07) is 3.83. The van der Waals surface area contributed by atoms with Gasteiger partial charge >= 0.3 is 0 Å². The lowest BCUT2D eigenvalue weighted by Gasteiger charge is -2.13. The van der Waals surface area contributed by atoms with Gasteiger partial charge in [0.25, 0.3) is 0 Å². The Kier molecular flexibility index (Phi) is 3.25. The van der Waals surface area contributed by atoms with Crippen LogP contribution in [0, 0.1) is 5.92 Å². The van der Waals surface area contributed by atoms with Gasteiger partial charge in [-0.2, -0.15) is 5.10 Å². The van der Waals surface area contributed by atoms with E-state index in [1.165, 1.54) is 0 Å². The molecule has 1 atom stereocenters. The van der Waals surface area contributed by atoms with Crippen molar-refractivity contribution in [3.05, 3.63) is 28.6 Å². The molecule has 0 fully saturated rings. The average Bonchev–Trinajstić information content (AvgIpc) is 2.60. The Morgan fingerprint density at radius 2 is 2.19 bits per heavy atom. The van der Waals surface area contributed by atoms with Crippen LogP contribution < -0.4 is 0 Å². The minimum Gasteiger partial charge on any atom is -0.396 e. The standard InChI is InChI=1S/C11H14BrN3O/c1-7(2)9(6-16)11-13-10-4-3-8(12)5-15(10)14-11/h3-5,7,9,16H,6H2,1-2H3. The fourth-order valence-corrected chi connectivity index (χ4v) is 1.95. The van der Waals surface area contributed by atoms with Crippen LogP contribution in [-0.2, 0) is 0 Å². The van der Waals surface area contributed by atoms with E-state index in [2.05, 4.69) is 39.9 Å². The zero-order valence-corrected chi connectivity index (χ0v) is 10.8. The molecule has 0 aliphatic rings. The first-order valence-electron chi connectivity index (χ1n) is 5.24. The van der Waals surface area contributed by atoms with Crippen LogP contribution >= 0.6 is 15.9 Å². The van der Waals surface area contributed by atoms with E-state index >= 15 is 0 Å². The summed E-state index contributed by atoms with van der Waals surface area (Å²) in [5.74, 6) is 1.03. The molecular weight excluding hydrogens is 270 g/mol. The molecule has 5 heteroatoms. The molecule has 2 aromatic heterocycles. The Labute approximate surface area is 102 Å². The monoisotopic (exact) mass is 283 g/mol. The van der Waals surface area contributed by atoms with Crippen molar-refractivity contribution in [3.8, 4) is 0 Å². The molecule has 1 N–H and O–H groups in total. The third-order valence-electron chi connectivity index (χ3n) is 2.64. The van der Waals surface area contributed by atoms with Gasteiger partial charge in [0.2, 0.25) is 0 Å². The number of halogens is 1. The van der Waals surface area contributed by atoms with Crippen molar-refractivity contribution in [1.82, 2.24) is 14.6 Å². The van der Waals surface area contributed by atoms with Crippen LogP contribution in [0.3, 0.4) is 0 Å². The molecule has 0 bridgehead atoms. The summed E-state index contributed by atoms with van der Waals surface area (Å²) in [7, 11) is 0. The molecule has 0 saturated heterocycles. The van der Waals surface area contributed by atoms with E-state index in [-0.39, 0.29) is 12.5 Å². The van der Waals surface area contributed by atoms with E-state index in [1.54, 1.807) is 4.52 Å². The third kappa shape index (κ3) is 2.10. The van der Waals surface area contributed by atoms with Crippen LogP contribution in [0.5, 0.6) is 0 Å². The number of nitrogens with zero attached hydrogens (tertiary/aromatic N) is 3. The van der Waals surface area contributed by atoms with E-state index in [1.807, 2.05) is 18.3 Å². The van der Waals surface area contributed by atoms with Gasteiger partial charge in [-0.3, -0.25) is 0 Å². The SMILES string of the molecule is CC(C)C(CO)c1nc2ccc(Br)cn2n1. The fraction of sp³-hybridized carbons (Fsp3) is 0.455. The maximum atomic E-state index is 9.33. The maximum absolute atomic E-state index is 9.33. The maximum Gasteiger partial charge on any atom is 0.157 e. The molecule has 86 valence electrons. The zero-order valence-electron chi connectivity index (χ0n) is 9.26. The quantitative estimate of drug-likeness (QED) is 0.940. The Morgan fingerprint density at radius 1 is 1.44 bits per heavy atom. The van der Waals surface area contributed by atoms with Crippen LogP contribution in [0.1, 0.15) is 25.6 Å². The van der Waals surface area contributed by atoms with Gasteiger partial charge < -0.3 is 5.11 Å². The normalized spacial score (nSPS) is 13.6. The van der Waals surface area contributed by atoms with Crippen molar-refractivity contribution >= 4 is 21.6 Å². The Morgan fingerprint density at radius 3 is 2.81 bits per heavy atom. The minimum atomic E-state index is -0.00123. The van der Waals surface area contributed by atoms with Gasteiger partial charge in [0, 0.05) is 16.6 Å². The average molecular weight is 284 g/mol. The summed E-state index contributed by atoms with van der Waals surface area (Å²) in [5.41, 5.74) is 0.803. The van der Waals surface area contributed by atoms with Crippen LogP contribution in [0.4, 0.5) is 0 Å². The third-order valence-corrected chi connectivity index (χ3v) is 3.11. The molecule has 0 radical (unpaired) electrons. The molecule has 1 unspecified atom stereocenters. The largest absolute Gasteiger partial charge is 0.396 e. The van der Waals surface area contributed by atoms with Crippen molar-refractivity contribution in [2.75, 3.05) is 6.61 Å². The Bertz CT molecular complexity index is 495. The number of hydrogen-bond donors (Lipinski definition) is 1. The van der Waals surface area contributed by atoms with Gasteiger partial charge in [-0.1, -0.05) is 13.8 Å². The van der Waals surface area contributed by atoms with Gasteiger partial charge in [-0.25, -0.2) is 9.50 Å². The van der Waals surface area contributed by atoms with Crippen LogP contribution in [0.2, 0.25) is 0 Å². The van der Waals surface area contributed by atoms with Crippen molar-refractivity contribution in [1.29, 1.82) is 0 Å². The van der Waals surface area contributed by atoms with E-state index in [9.17, 15) is 5.11 Å². The number of hydrogen-bond acceptors (Lipinski definition) is 3. The van der Waals surface area contributed by atoms with Crippen LogP contribution in [-0.4, -0.2) is 26.3 Å². The van der Waals surface area contributed by atoms with E-state index in [0.29, 0.717) is 11.7 Å². The molecule has 2 rings (SSSR count). The van der Waals surface area contributed by atoms with Crippen molar-refractivity contribution in [2.45, 2.75) is 19.8 Å². The lowest BCUT2D eigenvalue weighted by atomic mass is 9.96. The molecular formula is C11H14BrN3O. The predicted octanol–water partition coefficient (Wildman–Crippen LogP) is 2.22. The molecule has 16 heavy (non-hydrogen) atoms. The lowest BCUT2D eigenvalue weighted by Crippen LogP contribution is -2.13. The highest BCUT2D eigenvalue weighted by Crippen LogP contribution is 2.21. The minimum absolute atomic E-state index is 0.00123. The summed E-state index contributed by atoms with van der Waals surface area (Å²) in [6.07, 6.45) is 1.86. The number of aromatic nitrogens is 3. The summed E-state index contributed by atoms with van der Waals surface area (Å²) < 4.78 is 2.69. The van der Waals surface area contributed by atoms with E-state index in [4.69, 9.17) is 0 Å². The topological polar surface area (TPSA) is 50.4 Å². The predicted molar refractivity (Wildman–Crippen MR) is 65.4 cm³/mol. The number of fused-ring (bicyclic) bond motifs is 1. The van der Waals surface area contributed by atoms with E-state index in [0.717, 1.165) is 10.1 Å². The molecule has 0 aromatic carbocycles. The van der Waals surface area contributed by atoms with Crippen molar-refractivity contribution < 1.29 is 5.11 Å². The van der Waals surface area contributed by atoms with Gasteiger partial charge in [-0.05, 0) is 34.0 Å². The van der Waals surface area contributed by atoms with Gasteiger partial charge in [0.1, 0.15) is 0 Å². The summed E-state index contributed by atoms with van der Waals surface area (Å²) in [6.45, 7) is 4.20. The van der Waals surface area contributed by atoms with E-state index < -0.39 is 0 Å². The molecule has 0 amide bonds. The Hall–Kier alpha value is -0.940. The van der Waals surface area contributed by atoms with Gasteiger partial charge in [-0.15, -0.1) is 0 Å². The number of aliphatic hydroxyl groups is 1. The molecule has 0 aliphatic carbocycles. The molecule has 0 saturated carbocycles. The van der Waals surface area contributed by atoms with Gasteiger partial charge in [0.15, 0.2) is 11.5 Å². The van der Waals surface area contributed by atoms with Crippen molar-refractivity contribution in [3.63, 3.8) is 0 Å². The number of aliphatic hydroxyl groups excluding tert-OH is 1. The highest BCUT2D eigenvalue weighted by molar-refractivity contribution is 9.10. The Balaban J connectivity index is 2.45. The van der Waals surface area contributed by atoms with Crippen LogP contribution in [0.25, 0.3) is 5.65 Å². The van der Waals surface area contributed by atoms with Gasteiger partial charge in [0.05, 0.1) is 6.61 Å². The highest BCUT2D eigenvalue weighted by Gasteiger charge is 2.19. The first kappa shape index (κ1) is 11.5. The molecule has 2 aromatic rings. The first-order chi connectivity index (χ1) is 7.61. The number of pyridine rings is 1. The molecule has 4 nitrogen and oxygen atoms in total. The molecule has 0 spiro atoms. The molecule has 2 heterocycles. The second-order valence-electron chi connectivity index (χ2n) is 4.15. The highest BCUT2D eigenvalue weighted by atomic mass is 79.9. The summed E-state index contributed by atoms with van der Waals surface area (Å²) >= 11 is 3.39. The second-order valence-corrected chi connectivity index (χ2v) is 5.07. The smallest absolute Gasteiger partial charge is 0.157 e.